The quantitative estimate of drug-likeness (QED) is 0.753. The molecule has 27 heavy (non-hydrogen) atoms. The lowest BCUT2D eigenvalue weighted by Crippen LogP contribution is -2.20. The lowest BCUT2D eigenvalue weighted by Gasteiger charge is -2.23. The van der Waals surface area contributed by atoms with Gasteiger partial charge in [0.25, 0.3) is 0 Å². The van der Waals surface area contributed by atoms with E-state index in [0.29, 0.717) is 12.4 Å². The van der Waals surface area contributed by atoms with Gasteiger partial charge in [-0.3, -0.25) is 4.98 Å². The number of fused-ring (bicyclic) bond motifs is 1. The Morgan fingerprint density at radius 2 is 2.04 bits per heavy atom. The first-order valence-electron chi connectivity index (χ1n) is 8.64. The van der Waals surface area contributed by atoms with Crippen molar-refractivity contribution in [3.05, 3.63) is 60.0 Å². The Morgan fingerprint density at radius 3 is 2.78 bits per heavy atom. The average Bonchev–Trinajstić information content (AvgIpc) is 2.73. The van der Waals surface area contributed by atoms with Crippen molar-refractivity contribution in [1.29, 1.82) is 0 Å². The van der Waals surface area contributed by atoms with E-state index in [-0.39, 0.29) is 0 Å². The van der Waals surface area contributed by atoms with Gasteiger partial charge in [0.1, 0.15) is 5.82 Å². The number of ether oxygens (including phenoxy) is 1. The van der Waals surface area contributed by atoms with Crippen LogP contribution in [0.15, 0.2) is 53.9 Å². The van der Waals surface area contributed by atoms with Crippen molar-refractivity contribution in [2.75, 3.05) is 19.5 Å². The summed E-state index contributed by atoms with van der Waals surface area (Å²) in [5.74, 6) is 1.41. The van der Waals surface area contributed by atoms with E-state index < -0.39 is 0 Å². The highest BCUT2D eigenvalue weighted by Crippen LogP contribution is 2.33. The lowest BCUT2D eigenvalue weighted by atomic mass is 10.1. The Bertz CT molecular complexity index is 956. The van der Waals surface area contributed by atoms with Crippen LogP contribution in [0.2, 0.25) is 0 Å². The van der Waals surface area contributed by atoms with Crippen molar-refractivity contribution in [3.63, 3.8) is 0 Å². The van der Waals surface area contributed by atoms with Gasteiger partial charge in [0.05, 0.1) is 24.8 Å². The predicted molar refractivity (Wildman–Crippen MR) is 105 cm³/mol. The zero-order valence-electron chi connectivity index (χ0n) is 15.3. The van der Waals surface area contributed by atoms with Gasteiger partial charge in [-0.1, -0.05) is 0 Å². The van der Waals surface area contributed by atoms with Crippen LogP contribution in [0.5, 0.6) is 5.88 Å². The molecule has 7 heteroatoms. The third-order valence-corrected chi connectivity index (χ3v) is 4.35. The van der Waals surface area contributed by atoms with E-state index in [2.05, 4.69) is 20.3 Å². The highest BCUT2D eigenvalue weighted by atomic mass is 16.5. The molecule has 0 atom stereocenters. The molecule has 4 heterocycles. The smallest absolute Gasteiger partial charge is 0.212 e. The fraction of sp³-hybridized carbons (Fsp3) is 0.200. The van der Waals surface area contributed by atoms with Gasteiger partial charge in [0.15, 0.2) is 0 Å². The van der Waals surface area contributed by atoms with Crippen molar-refractivity contribution < 1.29 is 4.74 Å². The van der Waals surface area contributed by atoms with E-state index in [9.17, 15) is 0 Å². The molecule has 1 aliphatic rings. The summed E-state index contributed by atoms with van der Waals surface area (Å²) in [6, 6.07) is 9.76. The molecule has 1 aliphatic heterocycles. The van der Waals surface area contributed by atoms with Gasteiger partial charge in [-0.15, -0.1) is 0 Å². The molecule has 0 saturated carbocycles. The van der Waals surface area contributed by atoms with Crippen LogP contribution in [-0.4, -0.2) is 40.3 Å². The van der Waals surface area contributed by atoms with Crippen LogP contribution in [-0.2, 0) is 13.1 Å². The molecule has 0 amide bonds. The van der Waals surface area contributed by atoms with Gasteiger partial charge in [-0.2, -0.15) is 0 Å². The number of nitrogens with zero attached hydrogens (tertiary/aromatic N) is 5. The van der Waals surface area contributed by atoms with Crippen molar-refractivity contribution >= 4 is 17.8 Å². The van der Waals surface area contributed by atoms with Crippen molar-refractivity contribution in [1.82, 2.24) is 19.9 Å². The maximum Gasteiger partial charge on any atom is 0.212 e. The first kappa shape index (κ1) is 17.0. The minimum Gasteiger partial charge on any atom is -0.481 e. The largest absolute Gasteiger partial charge is 0.481 e. The Balaban J connectivity index is 1.70. The van der Waals surface area contributed by atoms with Gasteiger partial charge >= 0.3 is 0 Å². The maximum absolute atomic E-state index is 5.14. The number of aliphatic imine (C=N–C) groups is 1. The number of nitrogens with one attached hydrogen (secondary N) is 1. The number of aromatic nitrogens is 3. The predicted octanol–water partition coefficient (Wildman–Crippen LogP) is 3.26. The van der Waals surface area contributed by atoms with Crippen LogP contribution in [0.1, 0.15) is 11.1 Å². The van der Waals surface area contributed by atoms with Crippen LogP contribution < -0.4 is 10.1 Å². The average molecular weight is 360 g/mol. The Morgan fingerprint density at radius 1 is 1.19 bits per heavy atom. The SMILES string of the molecule is COc1ccc(-c2cc3c(c(NCc4ccncc4)n2)CN(C)C=N3)cn1. The van der Waals surface area contributed by atoms with Gasteiger partial charge in [0, 0.05) is 55.9 Å². The van der Waals surface area contributed by atoms with E-state index >= 15 is 0 Å². The third kappa shape index (κ3) is 3.72. The zero-order chi connectivity index (χ0) is 18.6. The van der Waals surface area contributed by atoms with Gasteiger partial charge < -0.3 is 15.0 Å². The summed E-state index contributed by atoms with van der Waals surface area (Å²) in [7, 11) is 3.60. The van der Waals surface area contributed by atoms with E-state index in [1.807, 2.05) is 48.6 Å². The molecule has 7 nitrogen and oxygen atoms in total. The van der Waals surface area contributed by atoms with E-state index in [0.717, 1.165) is 40.4 Å². The summed E-state index contributed by atoms with van der Waals surface area (Å²) in [4.78, 5) is 19.8. The minimum atomic E-state index is 0.576. The van der Waals surface area contributed by atoms with E-state index in [4.69, 9.17) is 9.72 Å². The fourth-order valence-electron chi connectivity index (χ4n) is 2.91. The molecule has 0 aliphatic carbocycles. The molecular weight excluding hydrogens is 340 g/mol. The van der Waals surface area contributed by atoms with E-state index in [1.165, 1.54) is 0 Å². The third-order valence-electron chi connectivity index (χ3n) is 4.35. The zero-order valence-corrected chi connectivity index (χ0v) is 15.3. The highest BCUT2D eigenvalue weighted by Gasteiger charge is 2.17. The Labute approximate surface area is 157 Å². The molecule has 0 aromatic carbocycles. The molecule has 3 aromatic rings. The van der Waals surface area contributed by atoms with E-state index in [1.54, 1.807) is 25.7 Å². The summed E-state index contributed by atoms with van der Waals surface area (Å²) in [6.45, 7) is 1.42. The first-order valence-corrected chi connectivity index (χ1v) is 8.64. The Kier molecular flexibility index (Phi) is 4.65. The van der Waals surface area contributed by atoms with Crippen LogP contribution in [0.4, 0.5) is 11.5 Å². The number of anilines is 1. The number of hydrogen-bond donors (Lipinski definition) is 1. The molecule has 136 valence electrons. The second kappa shape index (κ2) is 7.41. The van der Waals surface area contributed by atoms with Crippen LogP contribution in [0.25, 0.3) is 11.3 Å². The first-order chi connectivity index (χ1) is 13.2. The molecule has 0 fully saturated rings. The summed E-state index contributed by atoms with van der Waals surface area (Å²) >= 11 is 0. The molecule has 0 bridgehead atoms. The second-order valence-corrected chi connectivity index (χ2v) is 6.31. The molecule has 1 N–H and O–H groups in total. The van der Waals surface area contributed by atoms with Gasteiger partial charge in [0.2, 0.25) is 5.88 Å². The van der Waals surface area contributed by atoms with Crippen LogP contribution in [0, 0.1) is 0 Å². The topological polar surface area (TPSA) is 75.5 Å². The second-order valence-electron chi connectivity index (χ2n) is 6.31. The molecule has 0 spiro atoms. The lowest BCUT2D eigenvalue weighted by molar-refractivity contribution is 0.398. The number of methoxy groups -OCH3 is 1. The minimum absolute atomic E-state index is 0.576. The molecule has 0 saturated heterocycles. The normalized spacial score (nSPS) is 12.6. The van der Waals surface area contributed by atoms with Crippen molar-refractivity contribution in [2.24, 2.45) is 4.99 Å². The van der Waals surface area contributed by atoms with Crippen LogP contribution >= 0.6 is 0 Å². The summed E-state index contributed by atoms with van der Waals surface area (Å²) < 4.78 is 5.14. The molecular formula is C20H20N6O. The molecule has 0 unspecified atom stereocenters. The standard InChI is InChI=1S/C20H20N6O/c1-26-12-16-18(24-13-26)9-17(15-3-4-19(27-2)22-11-15)25-20(16)23-10-14-5-7-21-8-6-14/h3-9,11,13H,10,12H2,1-2H3,(H,23,25). The maximum atomic E-state index is 5.14. The number of rotatable bonds is 5. The van der Waals surface area contributed by atoms with Crippen molar-refractivity contribution in [2.45, 2.75) is 13.1 Å². The summed E-state index contributed by atoms with van der Waals surface area (Å²) in [5.41, 5.74) is 4.89. The molecule has 4 rings (SSSR count). The van der Waals surface area contributed by atoms with Gasteiger partial charge in [-0.05, 0) is 29.8 Å². The monoisotopic (exact) mass is 360 g/mol. The highest BCUT2D eigenvalue weighted by molar-refractivity contribution is 5.75. The van der Waals surface area contributed by atoms with Crippen LogP contribution in [0.3, 0.4) is 0 Å². The fourth-order valence-corrected chi connectivity index (χ4v) is 2.91. The van der Waals surface area contributed by atoms with Gasteiger partial charge in [-0.25, -0.2) is 15.0 Å². The summed E-state index contributed by atoms with van der Waals surface area (Å²) in [5, 5.41) is 3.46. The molecule has 0 radical (unpaired) electrons. The number of pyridine rings is 3. The summed E-state index contributed by atoms with van der Waals surface area (Å²) in [6.07, 6.45) is 7.18. The van der Waals surface area contributed by atoms with Crippen molar-refractivity contribution in [3.8, 4) is 17.1 Å². The Hall–Kier alpha value is -3.48. The number of hydrogen-bond acceptors (Lipinski definition) is 7. The molecule has 3 aromatic heterocycles.